The molecule has 0 aromatic rings. The standard InChI is InChI=1S/C8H14N2S4/c1-5-3-10(8(13)14)6(2)4-9(5)7(11)12/h5-6H,3-4H2,1-2H3,(H,11,12)(H,13,14)/t5-,6+. The normalized spacial score (nSPS) is 27.7. The number of thiol groups is 2. The fourth-order valence-corrected chi connectivity index (χ4v) is 2.73. The fraction of sp³-hybridized carbons (Fsp3) is 0.750. The van der Waals surface area contributed by atoms with E-state index in [-0.39, 0.29) is 0 Å². The molecule has 1 fully saturated rings. The van der Waals surface area contributed by atoms with Crippen molar-refractivity contribution in [2.75, 3.05) is 13.1 Å². The summed E-state index contributed by atoms with van der Waals surface area (Å²) in [7, 11) is 0. The third kappa shape index (κ3) is 2.74. The van der Waals surface area contributed by atoms with Crippen molar-refractivity contribution >= 4 is 58.3 Å². The average Bonchev–Trinajstić information content (AvgIpc) is 2.07. The molecule has 1 aliphatic rings. The average molecular weight is 266 g/mol. The summed E-state index contributed by atoms with van der Waals surface area (Å²) in [5, 5.41) is 0. The zero-order valence-electron chi connectivity index (χ0n) is 8.17. The van der Waals surface area contributed by atoms with E-state index in [0.717, 1.165) is 13.1 Å². The monoisotopic (exact) mass is 266 g/mol. The number of piperazine rings is 1. The lowest BCUT2D eigenvalue weighted by Crippen LogP contribution is -2.57. The Hall–Kier alpha value is 0.480. The molecule has 1 heterocycles. The van der Waals surface area contributed by atoms with Crippen LogP contribution < -0.4 is 0 Å². The van der Waals surface area contributed by atoms with Crippen molar-refractivity contribution in [1.29, 1.82) is 0 Å². The van der Waals surface area contributed by atoms with Crippen molar-refractivity contribution in [2.45, 2.75) is 25.9 Å². The van der Waals surface area contributed by atoms with Crippen LogP contribution in [0.1, 0.15) is 13.8 Å². The fourth-order valence-electron chi connectivity index (χ4n) is 1.66. The van der Waals surface area contributed by atoms with Crippen LogP contribution in [0.4, 0.5) is 0 Å². The lowest BCUT2D eigenvalue weighted by Gasteiger charge is -2.44. The van der Waals surface area contributed by atoms with E-state index in [9.17, 15) is 0 Å². The minimum absolute atomic E-state index is 0.348. The van der Waals surface area contributed by atoms with E-state index < -0.39 is 0 Å². The first-order valence-electron chi connectivity index (χ1n) is 4.42. The molecular weight excluding hydrogens is 252 g/mol. The molecule has 1 aliphatic heterocycles. The van der Waals surface area contributed by atoms with Gasteiger partial charge in [0.2, 0.25) is 0 Å². The Bertz CT molecular complexity index is 230. The SMILES string of the molecule is C[C@@H]1CN(C(=S)S)[C@@H](C)CN1C(=S)S. The van der Waals surface area contributed by atoms with Gasteiger partial charge in [-0.3, -0.25) is 0 Å². The van der Waals surface area contributed by atoms with Crippen LogP contribution >= 0.6 is 49.7 Å². The van der Waals surface area contributed by atoms with Crippen LogP contribution in [0.3, 0.4) is 0 Å². The minimum Gasteiger partial charge on any atom is -0.351 e. The molecule has 0 N–H and O–H groups in total. The lowest BCUT2D eigenvalue weighted by molar-refractivity contribution is 0.155. The molecule has 6 heteroatoms. The number of thiocarbonyl (C=S) groups is 2. The van der Waals surface area contributed by atoms with Crippen LogP contribution in [-0.2, 0) is 0 Å². The van der Waals surface area contributed by atoms with Crippen LogP contribution in [0.5, 0.6) is 0 Å². The molecule has 0 spiro atoms. The number of nitrogens with zero attached hydrogens (tertiary/aromatic N) is 2. The third-order valence-electron chi connectivity index (χ3n) is 2.48. The van der Waals surface area contributed by atoms with Gasteiger partial charge in [0.15, 0.2) is 0 Å². The molecule has 0 saturated carbocycles. The zero-order chi connectivity index (χ0) is 10.9. The van der Waals surface area contributed by atoms with Crippen molar-refractivity contribution in [3.05, 3.63) is 0 Å². The Morgan fingerprint density at radius 1 is 1.00 bits per heavy atom. The van der Waals surface area contributed by atoms with Gasteiger partial charge in [-0.25, -0.2) is 0 Å². The van der Waals surface area contributed by atoms with E-state index in [1.165, 1.54) is 0 Å². The highest BCUT2D eigenvalue weighted by atomic mass is 32.1. The summed E-state index contributed by atoms with van der Waals surface area (Å²) < 4.78 is 1.32. The summed E-state index contributed by atoms with van der Waals surface area (Å²) >= 11 is 18.6. The lowest BCUT2D eigenvalue weighted by atomic mass is 10.1. The molecule has 2 nitrogen and oxygen atoms in total. The Balaban J connectivity index is 2.71. The Morgan fingerprint density at radius 2 is 1.29 bits per heavy atom. The van der Waals surface area contributed by atoms with Crippen LogP contribution in [0.25, 0.3) is 0 Å². The Morgan fingerprint density at radius 3 is 1.50 bits per heavy atom. The van der Waals surface area contributed by atoms with E-state index in [0.29, 0.717) is 20.7 Å². The molecule has 0 bridgehead atoms. The van der Waals surface area contributed by atoms with Crippen LogP contribution in [-0.4, -0.2) is 43.6 Å². The second-order valence-corrected chi connectivity index (χ2v) is 5.79. The van der Waals surface area contributed by atoms with Gasteiger partial charge in [0.05, 0.1) is 0 Å². The highest BCUT2D eigenvalue weighted by Crippen LogP contribution is 2.18. The van der Waals surface area contributed by atoms with Gasteiger partial charge in [0, 0.05) is 25.2 Å². The van der Waals surface area contributed by atoms with Crippen LogP contribution in [0.2, 0.25) is 0 Å². The first-order chi connectivity index (χ1) is 6.43. The molecule has 0 radical (unpaired) electrons. The largest absolute Gasteiger partial charge is 0.351 e. The molecule has 2 atom stereocenters. The number of rotatable bonds is 0. The van der Waals surface area contributed by atoms with Gasteiger partial charge in [-0.15, -0.1) is 25.3 Å². The molecule has 0 unspecified atom stereocenters. The van der Waals surface area contributed by atoms with Gasteiger partial charge in [0.25, 0.3) is 0 Å². The van der Waals surface area contributed by atoms with Gasteiger partial charge >= 0.3 is 0 Å². The van der Waals surface area contributed by atoms with E-state index in [2.05, 4.69) is 48.9 Å². The quantitative estimate of drug-likeness (QED) is 0.510. The summed E-state index contributed by atoms with van der Waals surface area (Å²) in [6.45, 7) is 5.97. The second-order valence-electron chi connectivity index (χ2n) is 3.57. The molecule has 0 aromatic carbocycles. The highest BCUT2D eigenvalue weighted by molar-refractivity contribution is 8.11. The molecule has 1 saturated heterocycles. The maximum atomic E-state index is 5.07. The third-order valence-corrected chi connectivity index (χ3v) is 3.46. The molecule has 0 aromatic heterocycles. The van der Waals surface area contributed by atoms with E-state index >= 15 is 0 Å². The van der Waals surface area contributed by atoms with Gasteiger partial charge in [-0.2, -0.15) is 0 Å². The minimum atomic E-state index is 0.348. The molecule has 0 aliphatic carbocycles. The first kappa shape index (κ1) is 12.5. The summed E-state index contributed by atoms with van der Waals surface area (Å²) in [5.41, 5.74) is 0. The Labute approximate surface area is 107 Å². The first-order valence-corrected chi connectivity index (χ1v) is 6.13. The topological polar surface area (TPSA) is 6.48 Å². The summed E-state index contributed by atoms with van der Waals surface area (Å²) in [6, 6.07) is 0.697. The smallest absolute Gasteiger partial charge is 0.133 e. The molecular formula is C8H14N2S4. The molecule has 0 amide bonds. The number of hydrogen-bond acceptors (Lipinski definition) is 2. The number of hydrogen-bond donors (Lipinski definition) is 2. The van der Waals surface area contributed by atoms with E-state index in [1.54, 1.807) is 0 Å². The van der Waals surface area contributed by atoms with Crippen molar-refractivity contribution in [3.63, 3.8) is 0 Å². The van der Waals surface area contributed by atoms with Gasteiger partial charge < -0.3 is 9.80 Å². The van der Waals surface area contributed by atoms with Gasteiger partial charge in [-0.1, -0.05) is 24.4 Å². The highest BCUT2D eigenvalue weighted by Gasteiger charge is 2.29. The summed E-state index contributed by atoms with van der Waals surface area (Å²) in [5.74, 6) is 0. The Kier molecular flexibility index (Phi) is 4.49. The van der Waals surface area contributed by atoms with Crippen molar-refractivity contribution in [3.8, 4) is 0 Å². The molecule has 80 valence electrons. The van der Waals surface area contributed by atoms with Crippen LogP contribution in [0, 0.1) is 0 Å². The van der Waals surface area contributed by atoms with E-state index in [1.807, 2.05) is 0 Å². The maximum Gasteiger partial charge on any atom is 0.133 e. The van der Waals surface area contributed by atoms with Crippen molar-refractivity contribution in [2.24, 2.45) is 0 Å². The predicted octanol–water partition coefficient (Wildman–Crippen LogP) is 1.81. The van der Waals surface area contributed by atoms with Crippen LogP contribution in [0.15, 0.2) is 0 Å². The molecule has 14 heavy (non-hydrogen) atoms. The van der Waals surface area contributed by atoms with Gasteiger partial charge in [-0.05, 0) is 13.8 Å². The van der Waals surface area contributed by atoms with Crippen molar-refractivity contribution in [1.82, 2.24) is 9.80 Å². The molecule has 1 rings (SSSR count). The summed E-state index contributed by atoms with van der Waals surface area (Å²) in [6.07, 6.45) is 0. The predicted molar refractivity (Wildman–Crippen MR) is 75.5 cm³/mol. The second kappa shape index (κ2) is 5.01. The van der Waals surface area contributed by atoms with Crippen molar-refractivity contribution < 1.29 is 0 Å². The maximum absolute atomic E-state index is 5.07. The van der Waals surface area contributed by atoms with Gasteiger partial charge in [0.1, 0.15) is 8.64 Å². The van der Waals surface area contributed by atoms with E-state index in [4.69, 9.17) is 24.4 Å². The zero-order valence-corrected chi connectivity index (χ0v) is 11.6. The summed E-state index contributed by atoms with van der Waals surface area (Å²) in [4.78, 5) is 4.23.